The molecule has 168 valence electrons. The molecule has 10 heteroatoms. The number of primary amides is 1. The lowest BCUT2D eigenvalue weighted by atomic mass is 10.0. The van der Waals surface area contributed by atoms with Crippen molar-refractivity contribution in [2.45, 2.75) is 37.4 Å². The lowest BCUT2D eigenvalue weighted by Gasteiger charge is -2.29. The minimum Gasteiger partial charge on any atom is -0.368 e. The molecule has 1 fully saturated rings. The SMILES string of the molecule is NC(=O)[C@H](Cc1ccc(Cl)cc1Cl)NC(=O)C[C@@H]1NC(=O)[C@H](Cc2ccccc2)NC1=O. The predicted molar refractivity (Wildman–Crippen MR) is 120 cm³/mol. The number of amides is 4. The zero-order valence-corrected chi connectivity index (χ0v) is 18.5. The second-order valence-electron chi connectivity index (χ2n) is 7.48. The van der Waals surface area contributed by atoms with Crippen molar-refractivity contribution in [3.8, 4) is 0 Å². The quantitative estimate of drug-likeness (QED) is 0.454. The molecule has 1 aliphatic rings. The van der Waals surface area contributed by atoms with Gasteiger partial charge in [-0.1, -0.05) is 59.6 Å². The van der Waals surface area contributed by atoms with E-state index in [1.807, 2.05) is 30.3 Å². The standard InChI is InChI=1S/C22H22Cl2N4O4/c23-14-7-6-13(15(24)10-14)9-16(20(25)30)26-19(29)11-18-22(32)27-17(21(31)28-18)8-12-4-2-1-3-5-12/h1-7,10,16-18H,8-9,11H2,(H2,25,30)(H,26,29)(H,27,32)(H,28,31)/t16-,17-,18-/m0/s1. The van der Waals surface area contributed by atoms with Gasteiger partial charge in [-0.05, 0) is 23.3 Å². The van der Waals surface area contributed by atoms with E-state index in [9.17, 15) is 19.2 Å². The van der Waals surface area contributed by atoms with Gasteiger partial charge in [0.25, 0.3) is 0 Å². The summed E-state index contributed by atoms with van der Waals surface area (Å²) in [5.74, 6) is -2.23. The van der Waals surface area contributed by atoms with E-state index in [2.05, 4.69) is 16.0 Å². The van der Waals surface area contributed by atoms with Gasteiger partial charge in [-0.3, -0.25) is 19.2 Å². The molecule has 32 heavy (non-hydrogen) atoms. The minimum absolute atomic E-state index is 0.0550. The highest BCUT2D eigenvalue weighted by Gasteiger charge is 2.35. The lowest BCUT2D eigenvalue weighted by molar-refractivity contribution is -0.138. The molecule has 0 unspecified atom stereocenters. The minimum atomic E-state index is -1.05. The third kappa shape index (κ3) is 6.21. The van der Waals surface area contributed by atoms with Crippen LogP contribution < -0.4 is 21.7 Å². The van der Waals surface area contributed by atoms with E-state index in [0.29, 0.717) is 22.0 Å². The highest BCUT2D eigenvalue weighted by molar-refractivity contribution is 6.35. The van der Waals surface area contributed by atoms with Crippen molar-refractivity contribution >= 4 is 46.8 Å². The molecule has 3 atom stereocenters. The molecule has 5 N–H and O–H groups in total. The largest absolute Gasteiger partial charge is 0.368 e. The van der Waals surface area contributed by atoms with E-state index in [0.717, 1.165) is 5.56 Å². The molecule has 0 bridgehead atoms. The number of carbonyl (C=O) groups excluding carboxylic acids is 4. The maximum absolute atomic E-state index is 12.5. The second kappa shape index (κ2) is 10.5. The average Bonchev–Trinajstić information content (AvgIpc) is 2.73. The van der Waals surface area contributed by atoms with Crippen LogP contribution in [0, 0.1) is 0 Å². The van der Waals surface area contributed by atoms with Gasteiger partial charge in [-0.15, -0.1) is 0 Å². The van der Waals surface area contributed by atoms with Crippen LogP contribution in [-0.4, -0.2) is 41.8 Å². The fourth-order valence-electron chi connectivity index (χ4n) is 3.38. The van der Waals surface area contributed by atoms with Gasteiger partial charge in [0.05, 0.1) is 6.42 Å². The van der Waals surface area contributed by atoms with Gasteiger partial charge >= 0.3 is 0 Å². The zero-order valence-electron chi connectivity index (χ0n) is 16.9. The Hall–Kier alpha value is -3.10. The van der Waals surface area contributed by atoms with Gasteiger partial charge in [0.15, 0.2) is 0 Å². The predicted octanol–water partition coefficient (Wildman–Crippen LogP) is 1.12. The van der Waals surface area contributed by atoms with Crippen molar-refractivity contribution in [2.75, 3.05) is 0 Å². The van der Waals surface area contributed by atoms with Gasteiger partial charge in [0.2, 0.25) is 23.6 Å². The van der Waals surface area contributed by atoms with Crippen LogP contribution in [0.5, 0.6) is 0 Å². The first-order valence-corrected chi connectivity index (χ1v) is 10.7. The van der Waals surface area contributed by atoms with E-state index in [4.69, 9.17) is 28.9 Å². The summed E-state index contributed by atoms with van der Waals surface area (Å²) in [4.78, 5) is 49.2. The molecule has 1 saturated heterocycles. The van der Waals surface area contributed by atoms with Crippen LogP contribution in [0.2, 0.25) is 10.0 Å². The second-order valence-corrected chi connectivity index (χ2v) is 8.32. The maximum Gasteiger partial charge on any atom is 0.243 e. The molecular formula is C22H22Cl2N4O4. The summed E-state index contributed by atoms with van der Waals surface area (Å²) in [6.07, 6.45) is 0.0517. The number of hydrogen-bond acceptors (Lipinski definition) is 4. The van der Waals surface area contributed by atoms with Crippen LogP contribution in [0.4, 0.5) is 0 Å². The van der Waals surface area contributed by atoms with Crippen molar-refractivity contribution in [2.24, 2.45) is 5.73 Å². The Morgan fingerprint density at radius 1 is 1.00 bits per heavy atom. The number of benzene rings is 2. The highest BCUT2D eigenvalue weighted by atomic mass is 35.5. The monoisotopic (exact) mass is 476 g/mol. The zero-order chi connectivity index (χ0) is 23.3. The lowest BCUT2D eigenvalue weighted by Crippen LogP contribution is -2.63. The molecule has 0 aliphatic carbocycles. The first kappa shape index (κ1) is 23.6. The van der Waals surface area contributed by atoms with Crippen LogP contribution in [0.15, 0.2) is 48.5 Å². The number of nitrogens with one attached hydrogen (secondary N) is 3. The maximum atomic E-state index is 12.5. The van der Waals surface area contributed by atoms with Crippen molar-refractivity contribution in [1.29, 1.82) is 0 Å². The van der Waals surface area contributed by atoms with Crippen LogP contribution >= 0.6 is 23.2 Å². The Balaban J connectivity index is 1.57. The number of hydrogen-bond donors (Lipinski definition) is 4. The van der Waals surface area contributed by atoms with Gasteiger partial charge < -0.3 is 21.7 Å². The number of rotatable bonds is 8. The van der Waals surface area contributed by atoms with Gasteiger partial charge in [0.1, 0.15) is 18.1 Å². The summed E-state index contributed by atoms with van der Waals surface area (Å²) in [5, 5.41) is 8.49. The fraction of sp³-hybridized carbons (Fsp3) is 0.273. The first-order chi connectivity index (χ1) is 15.2. The molecular weight excluding hydrogens is 455 g/mol. The highest BCUT2D eigenvalue weighted by Crippen LogP contribution is 2.22. The molecule has 1 aliphatic heterocycles. The Kier molecular flexibility index (Phi) is 7.71. The summed E-state index contributed by atoms with van der Waals surface area (Å²) in [5.41, 5.74) is 6.89. The average molecular weight is 477 g/mol. The van der Waals surface area contributed by atoms with E-state index in [-0.39, 0.29) is 18.7 Å². The van der Waals surface area contributed by atoms with Crippen molar-refractivity contribution in [3.63, 3.8) is 0 Å². The third-order valence-electron chi connectivity index (χ3n) is 5.06. The van der Waals surface area contributed by atoms with E-state index < -0.39 is 35.8 Å². The van der Waals surface area contributed by atoms with Crippen molar-refractivity contribution < 1.29 is 19.2 Å². The molecule has 2 aromatic rings. The number of piperazine rings is 1. The molecule has 3 rings (SSSR count). The Morgan fingerprint density at radius 3 is 2.31 bits per heavy atom. The molecule has 0 saturated carbocycles. The van der Waals surface area contributed by atoms with Crippen LogP contribution in [0.25, 0.3) is 0 Å². The summed E-state index contributed by atoms with van der Waals surface area (Å²) in [6.45, 7) is 0. The summed E-state index contributed by atoms with van der Waals surface area (Å²) < 4.78 is 0. The molecule has 2 aromatic carbocycles. The Morgan fingerprint density at radius 2 is 1.66 bits per heavy atom. The van der Waals surface area contributed by atoms with E-state index >= 15 is 0 Å². The van der Waals surface area contributed by atoms with Crippen LogP contribution in [-0.2, 0) is 32.0 Å². The van der Waals surface area contributed by atoms with Gasteiger partial charge in [-0.2, -0.15) is 0 Å². The van der Waals surface area contributed by atoms with Gasteiger partial charge in [-0.25, -0.2) is 0 Å². The van der Waals surface area contributed by atoms with E-state index in [1.54, 1.807) is 12.1 Å². The Labute approximate surface area is 194 Å². The summed E-state index contributed by atoms with van der Waals surface area (Å²) in [7, 11) is 0. The number of nitrogens with two attached hydrogens (primary N) is 1. The molecule has 8 nitrogen and oxygen atoms in total. The number of carbonyl (C=O) groups is 4. The first-order valence-electron chi connectivity index (χ1n) is 9.90. The summed E-state index contributed by atoms with van der Waals surface area (Å²) >= 11 is 12.0. The molecule has 1 heterocycles. The molecule has 0 aromatic heterocycles. The molecule has 0 radical (unpaired) electrons. The van der Waals surface area contributed by atoms with Crippen LogP contribution in [0.3, 0.4) is 0 Å². The fourth-order valence-corrected chi connectivity index (χ4v) is 3.87. The normalized spacial score (nSPS) is 18.9. The van der Waals surface area contributed by atoms with Gasteiger partial charge in [0, 0.05) is 22.9 Å². The van der Waals surface area contributed by atoms with E-state index in [1.165, 1.54) is 6.07 Å². The van der Waals surface area contributed by atoms with Crippen LogP contribution in [0.1, 0.15) is 17.5 Å². The van der Waals surface area contributed by atoms with Crippen molar-refractivity contribution in [1.82, 2.24) is 16.0 Å². The third-order valence-corrected chi connectivity index (χ3v) is 5.64. The summed E-state index contributed by atoms with van der Waals surface area (Å²) in [6, 6.07) is 11.2. The Bertz CT molecular complexity index is 1030. The smallest absolute Gasteiger partial charge is 0.243 e. The molecule has 4 amide bonds. The van der Waals surface area contributed by atoms with Crippen molar-refractivity contribution in [3.05, 3.63) is 69.7 Å². The topological polar surface area (TPSA) is 130 Å². The number of halogens is 2. The molecule has 0 spiro atoms.